The average Bonchev–Trinajstić information content (AvgIpc) is 3.42. The molecule has 6 rings (SSSR count). The summed E-state index contributed by atoms with van der Waals surface area (Å²) < 4.78 is 50.3. The standard InChI is InChI=1S/C37H32FNO5S/c38-34-24-29(28-16-8-3-9-17-28)20-21-37(34,45(42,43)25-39-31(36(40)41)22-26-12-4-1-5-13-26)35-30-18-10-11-19-32(30)44-33(35)23-27-14-6-2-7-15-27/h1-21,24,29,31,39H,22-23,25H2,(H,40,41). The fraction of sp³-hybridized carbons (Fsp3) is 0.162. The summed E-state index contributed by atoms with van der Waals surface area (Å²) in [5, 5.41) is 13.2. The van der Waals surface area contributed by atoms with E-state index in [9.17, 15) is 18.3 Å². The molecule has 3 unspecified atom stereocenters. The van der Waals surface area contributed by atoms with Crippen molar-refractivity contribution < 1.29 is 27.1 Å². The molecule has 0 spiro atoms. The number of nitrogens with one attached hydrogen (secondary N) is 1. The maximum Gasteiger partial charge on any atom is 0.321 e. The second kappa shape index (κ2) is 12.7. The van der Waals surface area contributed by atoms with E-state index in [1.807, 2.05) is 66.7 Å². The van der Waals surface area contributed by atoms with Gasteiger partial charge in [0.05, 0.1) is 0 Å². The summed E-state index contributed by atoms with van der Waals surface area (Å²) in [6.07, 6.45) is 4.72. The van der Waals surface area contributed by atoms with Crippen molar-refractivity contribution in [2.24, 2.45) is 0 Å². The molecule has 1 aliphatic rings. The van der Waals surface area contributed by atoms with E-state index >= 15 is 4.39 Å². The van der Waals surface area contributed by atoms with Crippen LogP contribution in [0.2, 0.25) is 0 Å². The van der Waals surface area contributed by atoms with Crippen molar-refractivity contribution in [2.45, 2.75) is 29.5 Å². The van der Waals surface area contributed by atoms with Crippen LogP contribution >= 0.6 is 0 Å². The van der Waals surface area contributed by atoms with Crippen molar-refractivity contribution >= 4 is 26.8 Å². The summed E-state index contributed by atoms with van der Waals surface area (Å²) >= 11 is 0. The van der Waals surface area contributed by atoms with Crippen molar-refractivity contribution in [1.29, 1.82) is 0 Å². The largest absolute Gasteiger partial charge is 0.480 e. The summed E-state index contributed by atoms with van der Waals surface area (Å²) in [4.78, 5) is 12.2. The Kier molecular flexibility index (Phi) is 8.52. The Balaban J connectivity index is 1.48. The predicted molar refractivity (Wildman–Crippen MR) is 173 cm³/mol. The van der Waals surface area contributed by atoms with E-state index in [1.165, 1.54) is 12.2 Å². The number of fused-ring (bicyclic) bond motifs is 1. The Bertz CT molecular complexity index is 1970. The molecule has 2 N–H and O–H groups in total. The summed E-state index contributed by atoms with van der Waals surface area (Å²) in [6.45, 7) is 0. The van der Waals surface area contributed by atoms with Crippen LogP contribution in [0.25, 0.3) is 11.0 Å². The lowest BCUT2D eigenvalue weighted by Crippen LogP contribution is -2.47. The Hall–Kier alpha value is -4.79. The highest BCUT2D eigenvalue weighted by Crippen LogP contribution is 2.50. The number of hydrogen-bond donors (Lipinski definition) is 2. The molecule has 8 heteroatoms. The van der Waals surface area contributed by atoms with Gasteiger partial charge in [0.2, 0.25) is 0 Å². The third-order valence-corrected chi connectivity index (χ3v) is 10.3. The predicted octanol–water partition coefficient (Wildman–Crippen LogP) is 7.08. The molecule has 5 aromatic rings. The zero-order valence-corrected chi connectivity index (χ0v) is 25.2. The molecule has 0 radical (unpaired) electrons. The van der Waals surface area contributed by atoms with Crippen LogP contribution in [0, 0.1) is 0 Å². The normalized spacial score (nSPS) is 18.9. The zero-order valence-electron chi connectivity index (χ0n) is 24.3. The molecular formula is C37H32FNO5S. The highest BCUT2D eigenvalue weighted by Gasteiger charge is 2.52. The van der Waals surface area contributed by atoms with Gasteiger partial charge in [0, 0.05) is 23.3 Å². The lowest BCUT2D eigenvalue weighted by Gasteiger charge is -2.34. The third-order valence-electron chi connectivity index (χ3n) is 8.24. The lowest BCUT2D eigenvalue weighted by atomic mass is 9.84. The first-order valence-corrected chi connectivity index (χ1v) is 16.3. The number of carbonyl (C=O) groups is 1. The monoisotopic (exact) mass is 621 g/mol. The summed E-state index contributed by atoms with van der Waals surface area (Å²) in [6, 6.07) is 33.4. The molecule has 3 atom stereocenters. The van der Waals surface area contributed by atoms with Crippen LogP contribution in [-0.4, -0.2) is 31.4 Å². The molecule has 1 aliphatic carbocycles. The smallest absolute Gasteiger partial charge is 0.321 e. The number of rotatable bonds is 11. The van der Waals surface area contributed by atoms with Gasteiger partial charge in [-0.2, -0.15) is 0 Å². The van der Waals surface area contributed by atoms with Gasteiger partial charge in [-0.1, -0.05) is 121 Å². The van der Waals surface area contributed by atoms with Crippen LogP contribution in [0.1, 0.15) is 33.9 Å². The third kappa shape index (κ3) is 5.99. The van der Waals surface area contributed by atoms with E-state index in [-0.39, 0.29) is 18.4 Å². The molecular weight excluding hydrogens is 589 g/mol. The topological polar surface area (TPSA) is 96.6 Å². The highest BCUT2D eigenvalue weighted by molar-refractivity contribution is 7.92. The van der Waals surface area contributed by atoms with Gasteiger partial charge in [-0.05, 0) is 35.3 Å². The number of benzene rings is 4. The van der Waals surface area contributed by atoms with Crippen LogP contribution in [0.4, 0.5) is 4.39 Å². The molecule has 0 aliphatic heterocycles. The fourth-order valence-electron chi connectivity index (χ4n) is 5.98. The average molecular weight is 622 g/mol. The first-order chi connectivity index (χ1) is 21.8. The molecule has 0 amide bonds. The van der Waals surface area contributed by atoms with Crippen LogP contribution in [0.5, 0.6) is 0 Å². The number of aliphatic carboxylic acids is 1. The molecule has 0 saturated carbocycles. The van der Waals surface area contributed by atoms with E-state index in [0.717, 1.165) is 16.7 Å². The molecule has 0 bridgehead atoms. The van der Waals surface area contributed by atoms with E-state index in [0.29, 0.717) is 16.7 Å². The van der Waals surface area contributed by atoms with Crippen molar-refractivity contribution in [3.05, 3.63) is 167 Å². The number of furan rings is 1. The Morgan fingerprint density at radius 1 is 0.867 bits per heavy atom. The Morgan fingerprint density at radius 2 is 1.47 bits per heavy atom. The van der Waals surface area contributed by atoms with Gasteiger partial charge in [0.1, 0.15) is 29.1 Å². The minimum Gasteiger partial charge on any atom is -0.480 e. The minimum absolute atomic E-state index is 0.0524. The molecule has 1 aromatic heterocycles. The number of carboxylic acids is 1. The van der Waals surface area contributed by atoms with Gasteiger partial charge >= 0.3 is 5.97 Å². The molecule has 0 fully saturated rings. The van der Waals surface area contributed by atoms with Crippen molar-refractivity contribution in [3.8, 4) is 0 Å². The number of allylic oxidation sites excluding steroid dienone is 2. The first kappa shape index (κ1) is 30.2. The Labute approximate surface area is 261 Å². The summed E-state index contributed by atoms with van der Waals surface area (Å²) in [5.41, 5.74) is 3.02. The van der Waals surface area contributed by atoms with Gasteiger partial charge in [-0.3, -0.25) is 10.1 Å². The van der Waals surface area contributed by atoms with Gasteiger partial charge < -0.3 is 9.52 Å². The van der Waals surface area contributed by atoms with Gasteiger partial charge in [0.15, 0.2) is 14.6 Å². The number of sulfone groups is 1. The van der Waals surface area contributed by atoms with Crippen molar-refractivity contribution in [1.82, 2.24) is 5.32 Å². The van der Waals surface area contributed by atoms with E-state index < -0.39 is 44.2 Å². The minimum atomic E-state index is -4.51. The fourth-order valence-corrected chi connectivity index (χ4v) is 7.81. The number of para-hydroxylation sites is 1. The van der Waals surface area contributed by atoms with Crippen LogP contribution < -0.4 is 5.32 Å². The SMILES string of the molecule is O=C(O)C(Cc1ccccc1)NCS(=O)(=O)C1(c2c(Cc3ccccc3)oc3ccccc23)C=CC(c2ccccc2)C=C1F. The zero-order chi connectivity index (χ0) is 31.4. The van der Waals surface area contributed by atoms with Crippen LogP contribution in [0.15, 0.2) is 144 Å². The molecule has 4 aromatic carbocycles. The number of carboxylic acid groups (broad SMARTS) is 1. The maximum atomic E-state index is 17.0. The highest BCUT2D eigenvalue weighted by atomic mass is 32.2. The van der Waals surface area contributed by atoms with Crippen molar-refractivity contribution in [3.63, 3.8) is 0 Å². The lowest BCUT2D eigenvalue weighted by molar-refractivity contribution is -0.139. The van der Waals surface area contributed by atoms with Gasteiger partial charge in [-0.15, -0.1) is 0 Å². The molecule has 0 saturated heterocycles. The van der Waals surface area contributed by atoms with Gasteiger partial charge in [-0.25, -0.2) is 12.8 Å². The summed E-state index contributed by atoms with van der Waals surface area (Å²) in [7, 11) is -4.51. The number of halogens is 1. The summed E-state index contributed by atoms with van der Waals surface area (Å²) in [5.74, 6) is -3.04. The quantitative estimate of drug-likeness (QED) is 0.153. The van der Waals surface area contributed by atoms with E-state index in [4.69, 9.17) is 4.42 Å². The maximum absolute atomic E-state index is 17.0. The van der Waals surface area contributed by atoms with Crippen LogP contribution in [-0.2, 0) is 32.2 Å². The second-order valence-corrected chi connectivity index (χ2v) is 13.3. The Morgan fingerprint density at radius 3 is 2.11 bits per heavy atom. The molecule has 228 valence electrons. The molecule has 45 heavy (non-hydrogen) atoms. The van der Waals surface area contributed by atoms with Crippen molar-refractivity contribution in [2.75, 3.05) is 5.88 Å². The van der Waals surface area contributed by atoms with E-state index in [2.05, 4.69) is 5.32 Å². The van der Waals surface area contributed by atoms with Gasteiger partial charge in [0.25, 0.3) is 0 Å². The second-order valence-electron chi connectivity index (χ2n) is 11.1. The molecule has 6 nitrogen and oxygen atoms in total. The van der Waals surface area contributed by atoms with E-state index in [1.54, 1.807) is 54.6 Å². The molecule has 1 heterocycles. The number of hydrogen-bond acceptors (Lipinski definition) is 5. The first-order valence-electron chi connectivity index (χ1n) is 14.7. The van der Waals surface area contributed by atoms with Crippen LogP contribution in [0.3, 0.4) is 0 Å².